The Kier molecular flexibility index (Phi) is 6.88. The largest absolute Gasteiger partial charge is 0.491 e. The van der Waals surface area contributed by atoms with Crippen LogP contribution in [0.5, 0.6) is 5.75 Å². The fourth-order valence-electron chi connectivity index (χ4n) is 1.85. The lowest BCUT2D eigenvalue weighted by Gasteiger charge is -2.22. The van der Waals surface area contributed by atoms with Gasteiger partial charge in [-0.3, -0.25) is 0 Å². The van der Waals surface area contributed by atoms with Crippen molar-refractivity contribution in [2.24, 2.45) is 0 Å². The number of benzene rings is 1. The molecule has 106 valence electrons. The second kappa shape index (κ2) is 8.18. The molecule has 0 aliphatic carbocycles. The molecule has 0 aromatic heterocycles. The summed E-state index contributed by atoms with van der Waals surface area (Å²) in [5, 5.41) is 0. The summed E-state index contributed by atoms with van der Waals surface area (Å²) in [4.78, 5) is 0. The maximum atomic E-state index is 6.00. The van der Waals surface area contributed by atoms with E-state index in [0.717, 1.165) is 11.3 Å². The summed E-state index contributed by atoms with van der Waals surface area (Å²) >= 11 is 0. The summed E-state index contributed by atoms with van der Waals surface area (Å²) < 4.78 is 11.7. The third-order valence-corrected chi connectivity index (χ3v) is 5.64. The van der Waals surface area contributed by atoms with E-state index in [1.165, 1.54) is 18.9 Å². The van der Waals surface area contributed by atoms with E-state index in [1.807, 2.05) is 30.3 Å². The fraction of sp³-hybridized carbons (Fsp3) is 0.500. The Balaban J connectivity index is 2.24. The molecule has 0 aliphatic heterocycles. The average molecular weight is 278 g/mol. The zero-order valence-electron chi connectivity index (χ0n) is 12.4. The molecule has 2 nitrogen and oxygen atoms in total. The molecule has 0 N–H and O–H groups in total. The van der Waals surface area contributed by atoms with Crippen LogP contribution in [-0.4, -0.2) is 21.5 Å². The second-order valence-electron chi connectivity index (χ2n) is 5.33. The molecule has 0 saturated carbocycles. The first kappa shape index (κ1) is 16.0. The quantitative estimate of drug-likeness (QED) is 0.480. The van der Waals surface area contributed by atoms with Gasteiger partial charge in [0, 0.05) is 0 Å². The normalized spacial score (nSPS) is 11.3. The maximum absolute atomic E-state index is 6.00. The van der Waals surface area contributed by atoms with Crippen LogP contribution in [-0.2, 0) is 4.43 Å². The SMILES string of the molecule is C=Cc1ccc(OCCO[Si](C)(C)CCCC)cc1. The molecule has 1 aromatic rings. The van der Waals surface area contributed by atoms with Crippen LogP contribution in [0.1, 0.15) is 25.3 Å². The molecule has 0 saturated heterocycles. The molecule has 0 heterocycles. The van der Waals surface area contributed by atoms with Crippen molar-refractivity contribution in [2.45, 2.75) is 38.9 Å². The topological polar surface area (TPSA) is 18.5 Å². The summed E-state index contributed by atoms with van der Waals surface area (Å²) in [6.07, 6.45) is 4.34. The standard InChI is InChI=1S/C16H26O2Si/c1-5-7-14-19(3,4)18-13-12-17-16-10-8-15(6-2)9-11-16/h6,8-11H,2,5,7,12-14H2,1,3-4H3. The summed E-state index contributed by atoms with van der Waals surface area (Å²) in [6.45, 7) is 11.8. The van der Waals surface area contributed by atoms with E-state index in [-0.39, 0.29) is 0 Å². The molecule has 3 heteroatoms. The lowest BCUT2D eigenvalue weighted by molar-refractivity contribution is 0.210. The maximum Gasteiger partial charge on any atom is 0.186 e. The van der Waals surface area contributed by atoms with Crippen LogP contribution in [0.15, 0.2) is 30.8 Å². The van der Waals surface area contributed by atoms with Crippen LogP contribution in [0.2, 0.25) is 19.1 Å². The number of rotatable bonds is 9. The summed E-state index contributed by atoms with van der Waals surface area (Å²) in [6, 6.07) is 9.18. The molecule has 19 heavy (non-hydrogen) atoms. The monoisotopic (exact) mass is 278 g/mol. The summed E-state index contributed by atoms with van der Waals surface area (Å²) in [7, 11) is -1.47. The van der Waals surface area contributed by atoms with Gasteiger partial charge in [0.25, 0.3) is 0 Å². The van der Waals surface area contributed by atoms with E-state index >= 15 is 0 Å². The molecule has 0 bridgehead atoms. The first-order valence-electron chi connectivity index (χ1n) is 7.06. The Hall–Kier alpha value is -1.06. The number of ether oxygens (including phenoxy) is 1. The Morgan fingerprint density at radius 3 is 2.42 bits per heavy atom. The number of unbranched alkanes of at least 4 members (excludes halogenated alkanes) is 1. The van der Waals surface area contributed by atoms with Gasteiger partial charge in [0.2, 0.25) is 0 Å². The van der Waals surface area contributed by atoms with Gasteiger partial charge in [0.15, 0.2) is 8.32 Å². The molecule has 0 radical (unpaired) electrons. The summed E-state index contributed by atoms with van der Waals surface area (Å²) in [5.41, 5.74) is 1.11. The van der Waals surface area contributed by atoms with Crippen LogP contribution >= 0.6 is 0 Å². The Morgan fingerprint density at radius 1 is 1.16 bits per heavy atom. The van der Waals surface area contributed by atoms with Crippen molar-refractivity contribution in [1.29, 1.82) is 0 Å². The highest BCUT2D eigenvalue weighted by atomic mass is 28.4. The fourth-order valence-corrected chi connectivity index (χ4v) is 3.84. The minimum absolute atomic E-state index is 0.621. The highest BCUT2D eigenvalue weighted by Gasteiger charge is 2.20. The lowest BCUT2D eigenvalue weighted by Crippen LogP contribution is -2.31. The van der Waals surface area contributed by atoms with Crippen molar-refractivity contribution < 1.29 is 9.16 Å². The molecule has 1 aromatic carbocycles. The van der Waals surface area contributed by atoms with E-state index in [9.17, 15) is 0 Å². The van der Waals surface area contributed by atoms with Gasteiger partial charge < -0.3 is 9.16 Å². The first-order valence-corrected chi connectivity index (χ1v) is 10.2. The smallest absolute Gasteiger partial charge is 0.186 e. The van der Waals surface area contributed by atoms with E-state index in [1.54, 1.807) is 0 Å². The third-order valence-electron chi connectivity index (χ3n) is 3.09. The van der Waals surface area contributed by atoms with E-state index in [4.69, 9.17) is 9.16 Å². The van der Waals surface area contributed by atoms with Crippen molar-refractivity contribution in [3.05, 3.63) is 36.4 Å². The lowest BCUT2D eigenvalue weighted by atomic mass is 10.2. The van der Waals surface area contributed by atoms with Crippen molar-refractivity contribution >= 4 is 14.4 Å². The van der Waals surface area contributed by atoms with Crippen molar-refractivity contribution in [1.82, 2.24) is 0 Å². The highest BCUT2D eigenvalue weighted by molar-refractivity contribution is 6.71. The number of hydrogen-bond acceptors (Lipinski definition) is 2. The van der Waals surface area contributed by atoms with Gasteiger partial charge in [-0.15, -0.1) is 0 Å². The zero-order chi connectivity index (χ0) is 14.1. The molecule has 0 atom stereocenters. The van der Waals surface area contributed by atoms with E-state index in [2.05, 4.69) is 26.6 Å². The van der Waals surface area contributed by atoms with Crippen LogP contribution < -0.4 is 4.74 Å². The Labute approximate surface area is 118 Å². The van der Waals surface area contributed by atoms with Gasteiger partial charge in [0.05, 0.1) is 6.61 Å². The van der Waals surface area contributed by atoms with Gasteiger partial charge in [-0.2, -0.15) is 0 Å². The molecule has 0 unspecified atom stereocenters. The van der Waals surface area contributed by atoms with Gasteiger partial charge in [-0.25, -0.2) is 0 Å². The molecule has 0 aliphatic rings. The van der Waals surface area contributed by atoms with Crippen molar-refractivity contribution in [3.63, 3.8) is 0 Å². The van der Waals surface area contributed by atoms with Crippen LogP contribution in [0.3, 0.4) is 0 Å². The third kappa shape index (κ3) is 6.60. The zero-order valence-corrected chi connectivity index (χ0v) is 13.4. The highest BCUT2D eigenvalue weighted by Crippen LogP contribution is 2.16. The van der Waals surface area contributed by atoms with Crippen molar-refractivity contribution in [3.8, 4) is 5.75 Å². The predicted octanol–water partition coefficient (Wildman–Crippen LogP) is 4.73. The predicted molar refractivity (Wildman–Crippen MR) is 85.2 cm³/mol. The van der Waals surface area contributed by atoms with Gasteiger partial charge in [-0.05, 0) is 36.8 Å². The Morgan fingerprint density at radius 2 is 1.84 bits per heavy atom. The molecule has 0 amide bonds. The van der Waals surface area contributed by atoms with Gasteiger partial charge in [-0.1, -0.05) is 44.6 Å². The van der Waals surface area contributed by atoms with Gasteiger partial charge >= 0.3 is 0 Å². The molecule has 1 rings (SSSR count). The summed E-state index contributed by atoms with van der Waals surface area (Å²) in [5.74, 6) is 0.891. The average Bonchev–Trinajstić information content (AvgIpc) is 2.42. The van der Waals surface area contributed by atoms with Crippen LogP contribution in [0.25, 0.3) is 6.08 Å². The molecule has 0 spiro atoms. The van der Waals surface area contributed by atoms with Crippen molar-refractivity contribution in [2.75, 3.05) is 13.2 Å². The molecule has 0 fully saturated rings. The van der Waals surface area contributed by atoms with E-state index < -0.39 is 8.32 Å². The number of hydrogen-bond donors (Lipinski definition) is 0. The Bertz CT molecular complexity index is 371. The minimum Gasteiger partial charge on any atom is -0.491 e. The first-order chi connectivity index (χ1) is 9.07. The molecular formula is C16H26O2Si. The second-order valence-corrected chi connectivity index (χ2v) is 9.64. The van der Waals surface area contributed by atoms with Crippen LogP contribution in [0.4, 0.5) is 0 Å². The molecular weight excluding hydrogens is 252 g/mol. The minimum atomic E-state index is -1.47. The van der Waals surface area contributed by atoms with Gasteiger partial charge in [0.1, 0.15) is 12.4 Å². The van der Waals surface area contributed by atoms with E-state index in [0.29, 0.717) is 13.2 Å². The van der Waals surface area contributed by atoms with Crippen LogP contribution in [0, 0.1) is 0 Å².